The number of halogens is 2. The van der Waals surface area contributed by atoms with Gasteiger partial charge in [0.15, 0.2) is 0 Å². The molecular weight excluding hydrogens is 315 g/mol. The number of anilines is 1. The summed E-state index contributed by atoms with van der Waals surface area (Å²) in [5.41, 5.74) is 5.91. The molecule has 0 saturated heterocycles. The van der Waals surface area contributed by atoms with Gasteiger partial charge >= 0.3 is 0 Å². The molecule has 0 unspecified atom stereocenters. The Morgan fingerprint density at radius 2 is 1.86 bits per heavy atom. The minimum Gasteiger partial charge on any atom is -0.277 e. The van der Waals surface area contributed by atoms with Crippen molar-refractivity contribution in [2.75, 3.05) is 5.43 Å². The van der Waals surface area contributed by atoms with Gasteiger partial charge in [-0.3, -0.25) is 20.0 Å². The molecule has 6 nitrogen and oxygen atoms in total. The third kappa shape index (κ3) is 4.08. The molecule has 2 N–H and O–H groups in total. The normalized spacial score (nSPS) is 9.81. The molecule has 108 valence electrons. The van der Waals surface area contributed by atoms with Gasteiger partial charge in [-0.15, -0.1) is 0 Å². The molecule has 1 aromatic heterocycles. The molecule has 0 aliphatic rings. The summed E-state index contributed by atoms with van der Waals surface area (Å²) in [7, 11) is 0. The van der Waals surface area contributed by atoms with Crippen molar-refractivity contribution in [1.29, 1.82) is 0 Å². The molecular formula is C13H10Cl2N4O2. The lowest BCUT2D eigenvalue weighted by molar-refractivity contribution is -0.118. The Kier molecular flexibility index (Phi) is 4.97. The van der Waals surface area contributed by atoms with Crippen LogP contribution in [0.15, 0.2) is 42.7 Å². The van der Waals surface area contributed by atoms with Crippen LogP contribution in [0.4, 0.5) is 5.69 Å². The van der Waals surface area contributed by atoms with E-state index in [9.17, 15) is 9.59 Å². The van der Waals surface area contributed by atoms with Crippen LogP contribution in [0.1, 0.15) is 10.4 Å². The minimum atomic E-state index is -0.461. The van der Waals surface area contributed by atoms with Crippen molar-refractivity contribution in [3.63, 3.8) is 0 Å². The fraction of sp³-hybridized carbons (Fsp3) is 0. The lowest BCUT2D eigenvalue weighted by Gasteiger charge is -2.20. The fourth-order valence-electron chi connectivity index (χ4n) is 1.46. The van der Waals surface area contributed by atoms with Crippen LogP contribution in [0.5, 0.6) is 0 Å². The van der Waals surface area contributed by atoms with E-state index in [2.05, 4.69) is 15.8 Å². The maximum absolute atomic E-state index is 11.9. The number of pyridine rings is 1. The van der Waals surface area contributed by atoms with E-state index < -0.39 is 5.91 Å². The molecule has 0 aliphatic heterocycles. The van der Waals surface area contributed by atoms with E-state index in [0.29, 0.717) is 27.7 Å². The summed E-state index contributed by atoms with van der Waals surface area (Å²) >= 11 is 11.7. The van der Waals surface area contributed by atoms with Gasteiger partial charge in [-0.25, -0.2) is 5.43 Å². The van der Waals surface area contributed by atoms with Crippen molar-refractivity contribution in [1.82, 2.24) is 15.5 Å². The molecule has 0 fully saturated rings. The number of rotatable bonds is 5. The van der Waals surface area contributed by atoms with Gasteiger partial charge in [0.05, 0.1) is 15.7 Å². The summed E-state index contributed by atoms with van der Waals surface area (Å²) in [6.45, 7) is 0. The van der Waals surface area contributed by atoms with Crippen molar-refractivity contribution >= 4 is 41.2 Å². The second-order valence-electron chi connectivity index (χ2n) is 3.89. The van der Waals surface area contributed by atoms with Gasteiger partial charge in [0.2, 0.25) is 6.41 Å². The highest BCUT2D eigenvalue weighted by Gasteiger charge is 2.10. The Bertz CT molecular complexity index is 652. The summed E-state index contributed by atoms with van der Waals surface area (Å²) in [6.07, 6.45) is 3.38. The molecule has 0 radical (unpaired) electrons. The number of hydrazine groups is 2. The van der Waals surface area contributed by atoms with E-state index in [1.165, 1.54) is 30.6 Å². The average molecular weight is 325 g/mol. The first kappa shape index (κ1) is 15.1. The highest BCUT2D eigenvalue weighted by Crippen LogP contribution is 2.24. The van der Waals surface area contributed by atoms with E-state index >= 15 is 0 Å². The van der Waals surface area contributed by atoms with E-state index in [4.69, 9.17) is 23.2 Å². The third-order valence-electron chi connectivity index (χ3n) is 2.44. The zero-order valence-corrected chi connectivity index (χ0v) is 12.1. The van der Waals surface area contributed by atoms with Crippen LogP contribution in [0.3, 0.4) is 0 Å². The second-order valence-corrected chi connectivity index (χ2v) is 4.71. The van der Waals surface area contributed by atoms with Crippen LogP contribution in [-0.2, 0) is 4.79 Å². The molecule has 21 heavy (non-hydrogen) atoms. The number of carbonyl (C=O) groups excluding carboxylic acids is 2. The molecule has 2 rings (SSSR count). The Morgan fingerprint density at radius 1 is 1.14 bits per heavy atom. The van der Waals surface area contributed by atoms with Crippen LogP contribution >= 0.6 is 23.2 Å². The predicted molar refractivity (Wildman–Crippen MR) is 79.7 cm³/mol. The number of aromatic nitrogens is 1. The van der Waals surface area contributed by atoms with E-state index in [1.54, 1.807) is 12.1 Å². The highest BCUT2D eigenvalue weighted by molar-refractivity contribution is 6.42. The Balaban J connectivity index is 2.05. The van der Waals surface area contributed by atoms with Gasteiger partial charge in [0.25, 0.3) is 5.91 Å². The topological polar surface area (TPSA) is 74.3 Å². The average Bonchev–Trinajstić information content (AvgIpc) is 2.51. The van der Waals surface area contributed by atoms with Gasteiger partial charge in [-0.2, -0.15) is 5.12 Å². The first-order chi connectivity index (χ1) is 10.1. The molecule has 0 aliphatic carbocycles. The minimum absolute atomic E-state index is 0.327. The molecule has 8 heteroatoms. The number of hydrogen-bond donors (Lipinski definition) is 2. The van der Waals surface area contributed by atoms with E-state index in [0.717, 1.165) is 5.12 Å². The van der Waals surface area contributed by atoms with Crippen molar-refractivity contribution < 1.29 is 9.59 Å². The van der Waals surface area contributed by atoms with Gasteiger partial charge in [-0.1, -0.05) is 23.2 Å². The molecule has 0 spiro atoms. The van der Waals surface area contributed by atoms with Gasteiger partial charge < -0.3 is 0 Å². The van der Waals surface area contributed by atoms with E-state index in [1.807, 2.05) is 0 Å². The smallest absolute Gasteiger partial charge is 0.271 e. The maximum atomic E-state index is 11.9. The standard InChI is InChI=1S/C13H10Cl2N4O2/c14-11-2-1-10(7-12(11)15)17-19(8-20)18-13(21)9-3-5-16-6-4-9/h1-8,17H,(H,18,21). The van der Waals surface area contributed by atoms with Crippen molar-refractivity contribution in [3.05, 3.63) is 58.3 Å². The Morgan fingerprint density at radius 3 is 2.48 bits per heavy atom. The second kappa shape index (κ2) is 6.92. The summed E-state index contributed by atoms with van der Waals surface area (Å²) in [5.74, 6) is -0.461. The molecule has 1 aromatic carbocycles. The van der Waals surface area contributed by atoms with Gasteiger partial charge in [-0.05, 0) is 30.3 Å². The third-order valence-corrected chi connectivity index (χ3v) is 3.18. The molecule has 0 bridgehead atoms. The number of amides is 2. The summed E-state index contributed by atoms with van der Waals surface area (Å²) in [5, 5.41) is 1.59. The molecule has 0 atom stereocenters. The van der Waals surface area contributed by atoms with Crippen molar-refractivity contribution in [2.24, 2.45) is 0 Å². The fourth-order valence-corrected chi connectivity index (χ4v) is 1.76. The first-order valence-corrected chi connectivity index (χ1v) is 6.53. The molecule has 0 saturated carbocycles. The van der Waals surface area contributed by atoms with Crippen LogP contribution in [-0.4, -0.2) is 22.4 Å². The number of benzene rings is 1. The summed E-state index contributed by atoms with van der Waals surface area (Å²) in [4.78, 5) is 26.7. The van der Waals surface area contributed by atoms with Crippen LogP contribution in [0, 0.1) is 0 Å². The molecule has 1 heterocycles. The number of nitrogens with zero attached hydrogens (tertiary/aromatic N) is 2. The van der Waals surface area contributed by atoms with Gasteiger partial charge in [0, 0.05) is 18.0 Å². The number of carbonyl (C=O) groups is 2. The van der Waals surface area contributed by atoms with Crippen LogP contribution < -0.4 is 10.9 Å². The quantitative estimate of drug-likeness (QED) is 0.654. The van der Waals surface area contributed by atoms with Crippen LogP contribution in [0.25, 0.3) is 0 Å². The highest BCUT2D eigenvalue weighted by atomic mass is 35.5. The van der Waals surface area contributed by atoms with Crippen molar-refractivity contribution in [2.45, 2.75) is 0 Å². The Labute approximate surface area is 130 Å². The number of hydrogen-bond acceptors (Lipinski definition) is 4. The monoisotopic (exact) mass is 324 g/mol. The number of nitrogens with one attached hydrogen (secondary N) is 2. The van der Waals surface area contributed by atoms with Crippen LogP contribution in [0.2, 0.25) is 10.0 Å². The van der Waals surface area contributed by atoms with Crippen molar-refractivity contribution in [3.8, 4) is 0 Å². The largest absolute Gasteiger partial charge is 0.277 e. The SMILES string of the molecule is O=CN(NC(=O)c1ccncc1)Nc1ccc(Cl)c(Cl)c1. The zero-order valence-electron chi connectivity index (χ0n) is 10.6. The van der Waals surface area contributed by atoms with E-state index in [-0.39, 0.29) is 0 Å². The first-order valence-electron chi connectivity index (χ1n) is 5.77. The summed E-state index contributed by atoms with van der Waals surface area (Å²) in [6, 6.07) is 7.76. The Hall–Kier alpha value is -2.31. The van der Waals surface area contributed by atoms with Gasteiger partial charge in [0.1, 0.15) is 0 Å². The molecule has 2 amide bonds. The lowest BCUT2D eigenvalue weighted by Crippen LogP contribution is -2.45. The zero-order chi connectivity index (χ0) is 15.2. The predicted octanol–water partition coefficient (Wildman–Crippen LogP) is 2.52. The lowest BCUT2D eigenvalue weighted by atomic mass is 10.3. The molecule has 2 aromatic rings. The summed E-state index contributed by atoms with van der Waals surface area (Å²) < 4.78 is 0. The maximum Gasteiger partial charge on any atom is 0.271 e.